The van der Waals surface area contributed by atoms with E-state index >= 15 is 0 Å². The van der Waals surface area contributed by atoms with Gasteiger partial charge in [0.2, 0.25) is 0 Å². The maximum Gasteiger partial charge on any atom is 0.0544 e. The molecule has 0 aliphatic carbocycles. The average Bonchev–Trinajstić information content (AvgIpc) is 2.17. The summed E-state index contributed by atoms with van der Waals surface area (Å²) in [6.45, 7) is 4.27. The summed E-state index contributed by atoms with van der Waals surface area (Å²) in [5.41, 5.74) is 1.25. The first-order valence-corrected chi connectivity index (χ1v) is 4.02. The van der Waals surface area contributed by atoms with Crippen molar-refractivity contribution in [2.45, 2.75) is 26.7 Å². The fourth-order valence-electron chi connectivity index (χ4n) is 0.792. The Hall–Kier alpha value is -0.370. The van der Waals surface area contributed by atoms with Crippen LogP contribution in [0, 0.1) is 6.92 Å². The summed E-state index contributed by atoms with van der Waals surface area (Å²) in [5.74, 6) is 0. The first-order chi connectivity index (χ1) is 4.33. The molecule has 1 nitrogen and oxygen atoms in total. The summed E-state index contributed by atoms with van der Waals surface area (Å²) < 4.78 is 4.25. The molecule has 50 valence electrons. The molecule has 1 heterocycles. The number of aromatic nitrogens is 1. The van der Waals surface area contributed by atoms with Gasteiger partial charge in [-0.3, -0.25) is 0 Å². The predicted molar refractivity (Wildman–Crippen MR) is 40.8 cm³/mol. The molecule has 1 rings (SSSR count). The van der Waals surface area contributed by atoms with Crippen molar-refractivity contribution in [3.8, 4) is 0 Å². The first-order valence-electron chi connectivity index (χ1n) is 3.25. The summed E-state index contributed by atoms with van der Waals surface area (Å²) >= 11 is 1.59. The van der Waals surface area contributed by atoms with Crippen molar-refractivity contribution in [1.82, 2.24) is 4.37 Å². The second-order valence-electron chi connectivity index (χ2n) is 2.18. The molecule has 0 aromatic carbocycles. The molecule has 0 aliphatic rings. The molecule has 0 radical (unpaired) electrons. The first kappa shape index (κ1) is 6.75. The van der Waals surface area contributed by atoms with E-state index in [0.29, 0.717) is 0 Å². The van der Waals surface area contributed by atoms with Crippen molar-refractivity contribution in [3.63, 3.8) is 0 Å². The highest BCUT2D eigenvalue weighted by Gasteiger charge is 1.94. The molecular weight excluding hydrogens is 130 g/mol. The molecule has 0 spiro atoms. The normalized spacial score (nSPS) is 10.0. The number of hydrogen-bond donors (Lipinski definition) is 0. The molecule has 2 heteroatoms. The predicted octanol–water partition coefficient (Wildman–Crippen LogP) is 2.40. The minimum atomic E-state index is 1.13. The smallest absolute Gasteiger partial charge is 0.0544 e. The van der Waals surface area contributed by atoms with Crippen LogP contribution in [0.1, 0.15) is 23.9 Å². The molecule has 0 fully saturated rings. The topological polar surface area (TPSA) is 12.9 Å². The maximum absolute atomic E-state index is 4.25. The zero-order valence-electron chi connectivity index (χ0n) is 5.85. The number of rotatable bonds is 2. The van der Waals surface area contributed by atoms with Gasteiger partial charge in [0.25, 0.3) is 0 Å². The van der Waals surface area contributed by atoms with E-state index in [0.717, 1.165) is 6.42 Å². The summed E-state index contributed by atoms with van der Waals surface area (Å²) in [4.78, 5) is 1.32. The SMILES string of the molecule is CCCc1cc(C)sn1. The summed E-state index contributed by atoms with van der Waals surface area (Å²) in [7, 11) is 0. The fourth-order valence-corrected chi connectivity index (χ4v) is 1.39. The van der Waals surface area contributed by atoms with Gasteiger partial charge in [0.1, 0.15) is 0 Å². The van der Waals surface area contributed by atoms with Crippen LogP contribution in [0.3, 0.4) is 0 Å². The highest BCUT2D eigenvalue weighted by molar-refractivity contribution is 7.05. The van der Waals surface area contributed by atoms with E-state index in [1.165, 1.54) is 17.0 Å². The third kappa shape index (κ3) is 1.79. The van der Waals surface area contributed by atoms with E-state index in [9.17, 15) is 0 Å². The van der Waals surface area contributed by atoms with Gasteiger partial charge in [-0.2, -0.15) is 4.37 Å². The van der Waals surface area contributed by atoms with E-state index in [1.54, 1.807) is 11.5 Å². The second kappa shape index (κ2) is 2.97. The van der Waals surface area contributed by atoms with Crippen LogP contribution in [0.15, 0.2) is 6.07 Å². The summed E-state index contributed by atoms with van der Waals surface area (Å²) in [6, 6.07) is 2.16. The Morgan fingerprint density at radius 3 is 2.89 bits per heavy atom. The maximum atomic E-state index is 4.25. The molecule has 1 aromatic rings. The standard InChI is InChI=1S/C7H11NS/c1-3-4-7-5-6(2)9-8-7/h5H,3-4H2,1-2H3. The van der Waals surface area contributed by atoms with Crippen molar-refractivity contribution in [2.75, 3.05) is 0 Å². The van der Waals surface area contributed by atoms with Crippen LogP contribution in [0.2, 0.25) is 0 Å². The van der Waals surface area contributed by atoms with Crippen LogP contribution in [-0.4, -0.2) is 4.37 Å². The molecule has 0 saturated carbocycles. The van der Waals surface area contributed by atoms with Crippen LogP contribution in [0.5, 0.6) is 0 Å². The van der Waals surface area contributed by atoms with Crippen LogP contribution in [0.25, 0.3) is 0 Å². The minimum Gasteiger partial charge on any atom is -0.197 e. The summed E-state index contributed by atoms with van der Waals surface area (Å²) in [6.07, 6.45) is 2.33. The van der Waals surface area contributed by atoms with Gasteiger partial charge in [0.05, 0.1) is 5.69 Å². The molecule has 9 heavy (non-hydrogen) atoms. The lowest BCUT2D eigenvalue weighted by Crippen LogP contribution is -1.78. The lowest BCUT2D eigenvalue weighted by molar-refractivity contribution is 0.899. The lowest BCUT2D eigenvalue weighted by atomic mass is 10.2. The second-order valence-corrected chi connectivity index (χ2v) is 3.19. The Labute approximate surface area is 59.9 Å². The Kier molecular flexibility index (Phi) is 2.22. The number of aryl methyl sites for hydroxylation is 2. The van der Waals surface area contributed by atoms with Crippen molar-refractivity contribution in [3.05, 3.63) is 16.6 Å². The zero-order chi connectivity index (χ0) is 6.69. The third-order valence-electron chi connectivity index (χ3n) is 1.18. The van der Waals surface area contributed by atoms with Gasteiger partial charge < -0.3 is 0 Å². The number of nitrogens with zero attached hydrogens (tertiary/aromatic N) is 1. The van der Waals surface area contributed by atoms with Gasteiger partial charge in [-0.05, 0) is 30.9 Å². The van der Waals surface area contributed by atoms with Gasteiger partial charge in [-0.25, -0.2) is 0 Å². The van der Waals surface area contributed by atoms with Crippen molar-refractivity contribution in [2.24, 2.45) is 0 Å². The third-order valence-corrected chi connectivity index (χ3v) is 1.91. The minimum absolute atomic E-state index is 1.13. The quantitative estimate of drug-likeness (QED) is 0.616. The average molecular weight is 141 g/mol. The monoisotopic (exact) mass is 141 g/mol. The highest BCUT2D eigenvalue weighted by atomic mass is 32.1. The number of hydrogen-bond acceptors (Lipinski definition) is 2. The van der Waals surface area contributed by atoms with Crippen molar-refractivity contribution in [1.29, 1.82) is 0 Å². The zero-order valence-corrected chi connectivity index (χ0v) is 6.66. The molecule has 0 N–H and O–H groups in total. The van der Waals surface area contributed by atoms with Gasteiger partial charge in [-0.1, -0.05) is 13.3 Å². The summed E-state index contributed by atoms with van der Waals surface area (Å²) in [5, 5.41) is 0. The fraction of sp³-hybridized carbons (Fsp3) is 0.571. The van der Waals surface area contributed by atoms with Crippen LogP contribution in [0.4, 0.5) is 0 Å². The van der Waals surface area contributed by atoms with Crippen LogP contribution >= 0.6 is 11.5 Å². The molecule has 0 atom stereocenters. The molecule has 0 bridgehead atoms. The van der Waals surface area contributed by atoms with Gasteiger partial charge >= 0.3 is 0 Å². The van der Waals surface area contributed by atoms with Crippen molar-refractivity contribution >= 4 is 11.5 Å². The van der Waals surface area contributed by atoms with Crippen molar-refractivity contribution < 1.29 is 0 Å². The Bertz CT molecular complexity index is 181. The van der Waals surface area contributed by atoms with E-state index in [1.807, 2.05) is 0 Å². The Morgan fingerprint density at radius 1 is 1.67 bits per heavy atom. The van der Waals surface area contributed by atoms with Crippen LogP contribution in [-0.2, 0) is 6.42 Å². The van der Waals surface area contributed by atoms with E-state index < -0.39 is 0 Å². The van der Waals surface area contributed by atoms with Gasteiger partial charge in [0, 0.05) is 4.88 Å². The van der Waals surface area contributed by atoms with Gasteiger partial charge in [-0.15, -0.1) is 0 Å². The molecule has 0 unspecified atom stereocenters. The van der Waals surface area contributed by atoms with Gasteiger partial charge in [0.15, 0.2) is 0 Å². The Balaban J connectivity index is 2.61. The van der Waals surface area contributed by atoms with E-state index in [-0.39, 0.29) is 0 Å². The van der Waals surface area contributed by atoms with Crippen LogP contribution < -0.4 is 0 Å². The lowest BCUT2D eigenvalue weighted by Gasteiger charge is -1.84. The molecule has 0 saturated heterocycles. The highest BCUT2D eigenvalue weighted by Crippen LogP contribution is 2.08. The molecular formula is C7H11NS. The molecule has 1 aromatic heterocycles. The van der Waals surface area contributed by atoms with E-state index in [4.69, 9.17) is 0 Å². The Morgan fingerprint density at radius 2 is 2.44 bits per heavy atom. The molecule has 0 aliphatic heterocycles. The largest absolute Gasteiger partial charge is 0.197 e. The molecule has 0 amide bonds. The van der Waals surface area contributed by atoms with E-state index in [2.05, 4.69) is 24.3 Å².